The Morgan fingerprint density at radius 3 is 1.42 bits per heavy atom. The Morgan fingerprint density at radius 2 is 1.09 bits per heavy atom. The van der Waals surface area contributed by atoms with Crippen LogP contribution in [-0.4, -0.2) is 34.7 Å². The zero-order chi connectivity index (χ0) is 25.2. The average Bonchev–Trinajstić information content (AvgIpc) is 2.73. The average molecular weight is 475 g/mol. The second-order valence-electron chi connectivity index (χ2n) is 8.60. The van der Waals surface area contributed by atoms with Gasteiger partial charge in [0.2, 0.25) is 0 Å². The second-order valence-corrected chi connectivity index (χ2v) is 10.3. The van der Waals surface area contributed by atoms with Crippen LogP contribution in [0.3, 0.4) is 0 Å². The molecule has 2 amide bonds. The molecular formula is C26H42N4O2S. The minimum absolute atomic E-state index is 0.245. The topological polar surface area (TPSA) is 82.9 Å². The molecule has 0 bridgehead atoms. The third-order valence-electron chi connectivity index (χ3n) is 4.55. The Kier molecular flexibility index (Phi) is 16.7. The summed E-state index contributed by atoms with van der Waals surface area (Å²) in [7, 11) is 0. The Hall–Kier alpha value is -2.41. The summed E-state index contributed by atoms with van der Waals surface area (Å²) in [5, 5.41) is 7.10. The zero-order valence-electron chi connectivity index (χ0n) is 21.6. The van der Waals surface area contributed by atoms with Gasteiger partial charge in [0.05, 0.1) is 10.5 Å². The van der Waals surface area contributed by atoms with Gasteiger partial charge < -0.3 is 0 Å². The SMILES string of the molecule is CC(C)=CCC/C(C)=C/C=N/NC(=O)[C@H](C)S[C@@H](C)C(=O)N/N=C/C=C(\C)CCC=C(C)C. The molecule has 0 unspecified atom stereocenters. The van der Waals surface area contributed by atoms with Crippen LogP contribution in [0.1, 0.15) is 81.1 Å². The van der Waals surface area contributed by atoms with Crippen molar-refractivity contribution in [1.82, 2.24) is 10.9 Å². The number of nitrogens with one attached hydrogen (secondary N) is 2. The summed E-state index contributed by atoms with van der Waals surface area (Å²) in [6.07, 6.45) is 15.3. The van der Waals surface area contributed by atoms with Gasteiger partial charge in [-0.15, -0.1) is 11.8 Å². The van der Waals surface area contributed by atoms with E-state index in [9.17, 15) is 9.59 Å². The molecule has 0 aromatic carbocycles. The van der Waals surface area contributed by atoms with Crippen molar-refractivity contribution in [2.75, 3.05) is 0 Å². The van der Waals surface area contributed by atoms with Gasteiger partial charge >= 0.3 is 0 Å². The highest BCUT2D eigenvalue weighted by molar-refractivity contribution is 8.01. The van der Waals surface area contributed by atoms with Crippen LogP contribution in [0.2, 0.25) is 0 Å². The van der Waals surface area contributed by atoms with Crippen molar-refractivity contribution < 1.29 is 9.59 Å². The Bertz CT molecular complexity index is 733. The van der Waals surface area contributed by atoms with Crippen LogP contribution in [-0.2, 0) is 9.59 Å². The molecule has 0 saturated heterocycles. The fourth-order valence-electron chi connectivity index (χ4n) is 2.49. The van der Waals surface area contributed by atoms with E-state index in [-0.39, 0.29) is 11.8 Å². The molecule has 7 heteroatoms. The largest absolute Gasteiger partial charge is 0.272 e. The van der Waals surface area contributed by atoms with E-state index in [4.69, 9.17) is 0 Å². The minimum atomic E-state index is -0.424. The molecule has 0 spiro atoms. The maximum atomic E-state index is 12.2. The third kappa shape index (κ3) is 17.8. The molecule has 0 aliphatic rings. The van der Waals surface area contributed by atoms with Gasteiger partial charge in [0, 0.05) is 12.4 Å². The van der Waals surface area contributed by atoms with Gasteiger partial charge in [0.25, 0.3) is 11.8 Å². The quantitative estimate of drug-likeness (QED) is 0.182. The van der Waals surface area contributed by atoms with Crippen molar-refractivity contribution in [3.05, 3.63) is 46.6 Å². The van der Waals surface area contributed by atoms with Crippen molar-refractivity contribution in [3.8, 4) is 0 Å². The van der Waals surface area contributed by atoms with Crippen LogP contribution < -0.4 is 10.9 Å². The predicted molar refractivity (Wildman–Crippen MR) is 145 cm³/mol. The van der Waals surface area contributed by atoms with Crippen molar-refractivity contribution in [1.29, 1.82) is 0 Å². The normalized spacial score (nSPS) is 14.2. The first kappa shape index (κ1) is 30.6. The van der Waals surface area contributed by atoms with Gasteiger partial charge in [-0.3, -0.25) is 9.59 Å². The lowest BCUT2D eigenvalue weighted by Crippen LogP contribution is -2.33. The number of hydrazone groups is 2. The Morgan fingerprint density at radius 1 is 0.727 bits per heavy atom. The van der Waals surface area contributed by atoms with Crippen LogP contribution in [0.5, 0.6) is 0 Å². The number of rotatable bonds is 14. The van der Waals surface area contributed by atoms with Gasteiger partial charge in [-0.25, -0.2) is 10.9 Å². The third-order valence-corrected chi connectivity index (χ3v) is 5.79. The highest BCUT2D eigenvalue weighted by Crippen LogP contribution is 2.17. The van der Waals surface area contributed by atoms with Crippen LogP contribution in [0.15, 0.2) is 56.8 Å². The van der Waals surface area contributed by atoms with E-state index in [2.05, 4.69) is 60.9 Å². The second kappa shape index (κ2) is 18.1. The molecule has 0 radical (unpaired) electrons. The summed E-state index contributed by atoms with van der Waals surface area (Å²) in [6.45, 7) is 15.9. The van der Waals surface area contributed by atoms with Gasteiger partial charge in [0.1, 0.15) is 0 Å². The maximum Gasteiger partial charge on any atom is 0.252 e. The number of allylic oxidation sites excluding steroid dienone is 8. The molecule has 6 nitrogen and oxygen atoms in total. The molecule has 2 atom stereocenters. The smallest absolute Gasteiger partial charge is 0.252 e. The summed E-state index contributed by atoms with van der Waals surface area (Å²) < 4.78 is 0. The Balaban J connectivity index is 4.37. The molecule has 0 aliphatic heterocycles. The number of carbonyl (C=O) groups is 2. The lowest BCUT2D eigenvalue weighted by Gasteiger charge is -2.14. The van der Waals surface area contributed by atoms with E-state index >= 15 is 0 Å². The van der Waals surface area contributed by atoms with E-state index in [1.54, 1.807) is 26.3 Å². The van der Waals surface area contributed by atoms with E-state index in [1.807, 2.05) is 26.0 Å². The summed E-state index contributed by atoms with van der Waals surface area (Å²) in [5.41, 5.74) is 10.0. The first-order valence-corrected chi connectivity index (χ1v) is 12.4. The minimum Gasteiger partial charge on any atom is -0.272 e. The fourth-order valence-corrected chi connectivity index (χ4v) is 3.45. The number of carbonyl (C=O) groups excluding carboxylic acids is 2. The molecule has 0 aliphatic carbocycles. The first-order valence-electron chi connectivity index (χ1n) is 11.4. The summed E-state index contributed by atoms with van der Waals surface area (Å²) in [6, 6.07) is 0. The first-order chi connectivity index (χ1) is 15.5. The lowest BCUT2D eigenvalue weighted by molar-refractivity contribution is -0.120. The number of thioether (sulfide) groups is 1. The highest BCUT2D eigenvalue weighted by Gasteiger charge is 2.21. The standard InChI is InChI=1S/C26H42N4O2S/c1-19(2)11-9-13-21(5)15-17-27-29-25(31)23(7)33-24(8)26(32)30-28-18-16-22(6)14-10-12-20(3)4/h11-12,15-18,23-24H,9-10,13-14H2,1-8H3,(H,29,31)(H,30,32)/b21-15+,22-16+,27-17+,28-18+/t23-,24-/m0/s1. The van der Waals surface area contributed by atoms with Gasteiger partial charge in [-0.1, -0.05) is 34.4 Å². The molecule has 33 heavy (non-hydrogen) atoms. The van der Waals surface area contributed by atoms with E-state index in [0.717, 1.165) is 25.7 Å². The molecule has 2 N–H and O–H groups in total. The van der Waals surface area contributed by atoms with E-state index in [0.29, 0.717) is 0 Å². The highest BCUT2D eigenvalue weighted by atomic mass is 32.2. The zero-order valence-corrected chi connectivity index (χ0v) is 22.4. The van der Waals surface area contributed by atoms with Crippen molar-refractivity contribution in [2.45, 2.75) is 91.6 Å². The molecule has 0 fully saturated rings. The number of nitrogens with zero attached hydrogens (tertiary/aromatic N) is 2. The number of amides is 2. The van der Waals surface area contributed by atoms with Crippen molar-refractivity contribution >= 4 is 36.0 Å². The molecule has 0 aromatic heterocycles. The summed E-state index contributed by atoms with van der Waals surface area (Å²) in [4.78, 5) is 24.4. The van der Waals surface area contributed by atoms with Gasteiger partial charge in [-0.05, 0) is 93.2 Å². The van der Waals surface area contributed by atoms with Gasteiger partial charge in [0.15, 0.2) is 0 Å². The lowest BCUT2D eigenvalue weighted by atomic mass is 10.1. The molecular weight excluding hydrogens is 432 g/mol. The molecule has 0 saturated carbocycles. The van der Waals surface area contributed by atoms with Crippen molar-refractivity contribution in [3.63, 3.8) is 0 Å². The summed E-state index contributed by atoms with van der Waals surface area (Å²) >= 11 is 1.26. The molecule has 0 aromatic rings. The monoisotopic (exact) mass is 474 g/mol. The van der Waals surface area contributed by atoms with Gasteiger partial charge in [-0.2, -0.15) is 10.2 Å². The Labute approximate surface area is 204 Å². The van der Waals surface area contributed by atoms with E-state index < -0.39 is 10.5 Å². The fraction of sp³-hybridized carbons (Fsp3) is 0.538. The van der Waals surface area contributed by atoms with Crippen LogP contribution in [0.4, 0.5) is 0 Å². The maximum absolute atomic E-state index is 12.2. The number of hydrogen-bond donors (Lipinski definition) is 2. The van der Waals surface area contributed by atoms with Crippen LogP contribution >= 0.6 is 11.8 Å². The molecule has 184 valence electrons. The van der Waals surface area contributed by atoms with E-state index in [1.165, 1.54) is 34.1 Å². The molecule has 0 heterocycles. The van der Waals surface area contributed by atoms with Crippen molar-refractivity contribution in [2.24, 2.45) is 10.2 Å². The predicted octanol–water partition coefficient (Wildman–Crippen LogP) is 6.09. The van der Waals surface area contributed by atoms with Crippen LogP contribution in [0, 0.1) is 0 Å². The van der Waals surface area contributed by atoms with Crippen LogP contribution in [0.25, 0.3) is 0 Å². The number of hydrogen-bond acceptors (Lipinski definition) is 5. The summed E-state index contributed by atoms with van der Waals surface area (Å²) in [5.74, 6) is -0.491. The molecule has 0 rings (SSSR count).